The van der Waals surface area contributed by atoms with Gasteiger partial charge in [-0.1, -0.05) is 24.3 Å². The summed E-state index contributed by atoms with van der Waals surface area (Å²) < 4.78 is 6.84. The molecule has 0 saturated carbocycles. The number of ether oxygens (including phenoxy) is 1. The summed E-state index contributed by atoms with van der Waals surface area (Å²) in [6.07, 6.45) is 1.57. The molecule has 0 spiro atoms. The van der Waals surface area contributed by atoms with Crippen LogP contribution in [0.1, 0.15) is 37.7 Å². The van der Waals surface area contributed by atoms with E-state index in [2.05, 4.69) is 10.5 Å². The molecule has 29 heavy (non-hydrogen) atoms. The van der Waals surface area contributed by atoms with Crippen molar-refractivity contribution in [3.8, 4) is 5.69 Å². The number of carbonyl (C=O) groups is 2. The van der Waals surface area contributed by atoms with Crippen LogP contribution < -0.4 is 11.2 Å². The van der Waals surface area contributed by atoms with E-state index in [4.69, 9.17) is 10.5 Å². The third-order valence-electron chi connectivity index (χ3n) is 4.60. The first-order valence-corrected chi connectivity index (χ1v) is 8.98. The Balaban J connectivity index is 1.88. The number of nitrogens with one attached hydrogen (secondary N) is 1. The van der Waals surface area contributed by atoms with Crippen LogP contribution in [0, 0.1) is 13.8 Å². The van der Waals surface area contributed by atoms with E-state index in [0.29, 0.717) is 16.8 Å². The molecule has 0 aliphatic rings. The molecule has 0 aliphatic heterocycles. The topological polar surface area (TPSA) is 98.7 Å². The van der Waals surface area contributed by atoms with Gasteiger partial charge in [-0.2, -0.15) is 5.10 Å². The van der Waals surface area contributed by atoms with E-state index in [1.165, 1.54) is 7.11 Å². The minimum Gasteiger partial charge on any atom is -0.465 e. The van der Waals surface area contributed by atoms with E-state index < -0.39 is 5.97 Å². The number of hydrazone groups is 1. The van der Waals surface area contributed by atoms with Crippen LogP contribution in [0.4, 0.5) is 5.69 Å². The number of nitrogens with zero attached hydrogens (tertiary/aromatic N) is 2. The second-order valence-electron chi connectivity index (χ2n) is 6.46. The van der Waals surface area contributed by atoms with Crippen LogP contribution in [0.15, 0.2) is 59.7 Å². The fourth-order valence-electron chi connectivity index (χ4n) is 3.16. The van der Waals surface area contributed by atoms with Gasteiger partial charge < -0.3 is 15.0 Å². The van der Waals surface area contributed by atoms with Crippen molar-refractivity contribution in [1.29, 1.82) is 0 Å². The summed E-state index contributed by atoms with van der Waals surface area (Å²) >= 11 is 0. The maximum atomic E-state index is 12.2. The van der Waals surface area contributed by atoms with E-state index in [0.717, 1.165) is 22.6 Å². The van der Waals surface area contributed by atoms with Gasteiger partial charge in [0.15, 0.2) is 0 Å². The highest BCUT2D eigenvalue weighted by atomic mass is 16.5. The van der Waals surface area contributed by atoms with Crippen molar-refractivity contribution in [2.45, 2.75) is 13.8 Å². The number of carbonyl (C=O) groups excluding carboxylic acids is 2. The molecular weight excluding hydrogens is 368 g/mol. The summed E-state index contributed by atoms with van der Waals surface area (Å²) in [7, 11) is 1.36. The molecule has 0 aliphatic carbocycles. The van der Waals surface area contributed by atoms with Crippen LogP contribution in [0.5, 0.6) is 0 Å². The number of hydrogen-bond acceptors (Lipinski definition) is 5. The highest BCUT2D eigenvalue weighted by molar-refractivity contribution is 5.99. The SMILES string of the molecule is COC(=O)c1ccccc1-n1c(C)cc(/C=N\NC(=O)c2ccccc2N)c1C. The van der Waals surface area contributed by atoms with E-state index >= 15 is 0 Å². The zero-order chi connectivity index (χ0) is 21.0. The van der Waals surface area contributed by atoms with Crippen molar-refractivity contribution in [1.82, 2.24) is 9.99 Å². The monoisotopic (exact) mass is 390 g/mol. The maximum absolute atomic E-state index is 12.2. The first-order valence-electron chi connectivity index (χ1n) is 8.98. The number of para-hydroxylation sites is 2. The molecule has 7 heteroatoms. The molecule has 7 nitrogen and oxygen atoms in total. The second-order valence-corrected chi connectivity index (χ2v) is 6.46. The molecule has 148 valence electrons. The smallest absolute Gasteiger partial charge is 0.339 e. The van der Waals surface area contributed by atoms with Gasteiger partial charge in [-0.3, -0.25) is 4.79 Å². The number of amides is 1. The van der Waals surface area contributed by atoms with Gasteiger partial charge in [-0.05, 0) is 44.2 Å². The molecule has 3 N–H and O–H groups in total. The highest BCUT2D eigenvalue weighted by Gasteiger charge is 2.17. The summed E-state index contributed by atoms with van der Waals surface area (Å²) in [5.41, 5.74) is 12.8. The van der Waals surface area contributed by atoms with Gasteiger partial charge in [0.1, 0.15) is 0 Å². The van der Waals surface area contributed by atoms with Crippen LogP contribution in [0.2, 0.25) is 0 Å². The molecule has 3 aromatic rings. The number of nitrogen functional groups attached to an aromatic ring is 1. The summed E-state index contributed by atoms with van der Waals surface area (Å²) in [6.45, 7) is 3.85. The number of methoxy groups -OCH3 is 1. The predicted octanol–water partition coefficient (Wildman–Crippen LogP) is 3.23. The quantitative estimate of drug-likeness (QED) is 0.302. The number of aryl methyl sites for hydroxylation is 1. The van der Waals surface area contributed by atoms with Gasteiger partial charge in [0.05, 0.1) is 30.1 Å². The van der Waals surface area contributed by atoms with Crippen molar-refractivity contribution < 1.29 is 14.3 Å². The van der Waals surface area contributed by atoms with Gasteiger partial charge in [0.25, 0.3) is 5.91 Å². The van der Waals surface area contributed by atoms with E-state index in [-0.39, 0.29) is 5.91 Å². The molecule has 0 bridgehead atoms. The molecular formula is C22H22N4O3. The zero-order valence-corrected chi connectivity index (χ0v) is 16.5. The first-order chi connectivity index (χ1) is 13.9. The number of benzene rings is 2. The highest BCUT2D eigenvalue weighted by Crippen LogP contribution is 2.23. The Morgan fingerprint density at radius 2 is 1.72 bits per heavy atom. The van der Waals surface area contributed by atoms with Crippen molar-refractivity contribution in [2.24, 2.45) is 5.10 Å². The maximum Gasteiger partial charge on any atom is 0.339 e. The summed E-state index contributed by atoms with van der Waals surface area (Å²) in [5.74, 6) is -0.791. The van der Waals surface area contributed by atoms with Crippen LogP contribution in [-0.4, -0.2) is 29.8 Å². The van der Waals surface area contributed by atoms with Crippen LogP contribution >= 0.6 is 0 Å². The lowest BCUT2D eigenvalue weighted by Crippen LogP contribution is -2.19. The molecule has 0 radical (unpaired) electrons. The number of esters is 1. The number of nitrogens with two attached hydrogens (primary N) is 1. The van der Waals surface area contributed by atoms with Gasteiger partial charge in [-0.25, -0.2) is 10.2 Å². The van der Waals surface area contributed by atoms with Crippen LogP contribution in [-0.2, 0) is 4.74 Å². The van der Waals surface area contributed by atoms with Gasteiger partial charge in [0.2, 0.25) is 0 Å². The predicted molar refractivity (Wildman–Crippen MR) is 112 cm³/mol. The Hall–Kier alpha value is -3.87. The number of hydrogen-bond donors (Lipinski definition) is 2. The minimum atomic E-state index is -0.406. The van der Waals surface area contributed by atoms with Crippen molar-refractivity contribution >= 4 is 23.8 Å². The zero-order valence-electron chi connectivity index (χ0n) is 16.5. The molecule has 0 saturated heterocycles. The van der Waals surface area contributed by atoms with Crippen molar-refractivity contribution in [3.63, 3.8) is 0 Å². The molecule has 1 aromatic heterocycles. The largest absolute Gasteiger partial charge is 0.465 e. The van der Waals surface area contributed by atoms with Gasteiger partial charge in [-0.15, -0.1) is 0 Å². The number of anilines is 1. The molecule has 3 rings (SSSR count). The van der Waals surface area contributed by atoms with E-state index in [1.807, 2.05) is 36.6 Å². The fraction of sp³-hybridized carbons (Fsp3) is 0.136. The van der Waals surface area contributed by atoms with Gasteiger partial charge >= 0.3 is 5.97 Å². The second kappa shape index (κ2) is 8.43. The van der Waals surface area contributed by atoms with E-state index in [9.17, 15) is 9.59 Å². The average Bonchev–Trinajstić information content (AvgIpc) is 3.00. The summed E-state index contributed by atoms with van der Waals surface area (Å²) in [5, 5.41) is 4.06. The fourth-order valence-corrected chi connectivity index (χ4v) is 3.16. The Kier molecular flexibility index (Phi) is 5.78. The minimum absolute atomic E-state index is 0.363. The Morgan fingerprint density at radius 3 is 2.41 bits per heavy atom. The number of rotatable bonds is 5. The Labute approximate surface area is 168 Å². The first kappa shape index (κ1) is 19.9. The lowest BCUT2D eigenvalue weighted by atomic mass is 10.1. The third-order valence-corrected chi connectivity index (χ3v) is 4.60. The summed E-state index contributed by atoms with van der Waals surface area (Å²) in [6, 6.07) is 15.9. The average molecular weight is 390 g/mol. The van der Waals surface area contributed by atoms with Crippen molar-refractivity contribution in [3.05, 3.63) is 82.7 Å². The van der Waals surface area contributed by atoms with Crippen LogP contribution in [0.25, 0.3) is 5.69 Å². The normalized spacial score (nSPS) is 10.9. The molecule has 1 heterocycles. The molecule has 1 amide bonds. The van der Waals surface area contributed by atoms with E-state index in [1.54, 1.807) is 42.6 Å². The third kappa shape index (κ3) is 4.03. The van der Waals surface area contributed by atoms with Gasteiger partial charge in [0, 0.05) is 22.6 Å². The van der Waals surface area contributed by atoms with Crippen LogP contribution in [0.3, 0.4) is 0 Å². The molecule has 0 atom stereocenters. The lowest BCUT2D eigenvalue weighted by Gasteiger charge is -2.13. The Bertz CT molecular complexity index is 1100. The standard InChI is InChI=1S/C22H22N4O3/c1-14-12-16(13-24-25-21(27)17-8-4-6-10-19(17)23)15(2)26(14)20-11-7-5-9-18(20)22(28)29-3/h4-13H,23H2,1-3H3,(H,25,27)/b24-13-. The lowest BCUT2D eigenvalue weighted by molar-refractivity contribution is 0.0600. The molecule has 2 aromatic carbocycles. The number of aromatic nitrogens is 1. The van der Waals surface area contributed by atoms with Crippen molar-refractivity contribution in [2.75, 3.05) is 12.8 Å². The summed E-state index contributed by atoms with van der Waals surface area (Å²) in [4.78, 5) is 24.4. The molecule has 0 fully saturated rings. The Morgan fingerprint density at radius 1 is 1.07 bits per heavy atom. The molecule has 0 unspecified atom stereocenters.